The summed E-state index contributed by atoms with van der Waals surface area (Å²) in [7, 11) is -2.86. The summed E-state index contributed by atoms with van der Waals surface area (Å²) in [6.07, 6.45) is 3.43. The van der Waals surface area contributed by atoms with Crippen LogP contribution in [0, 0.1) is 5.92 Å². The molecule has 0 spiro atoms. The molecular weight excluding hydrogens is 479 g/mol. The molecule has 1 aromatic heterocycles. The van der Waals surface area contributed by atoms with Crippen LogP contribution in [-0.2, 0) is 9.84 Å². The molecule has 0 aromatic carbocycles. The molecule has 2 fully saturated rings. The molecule has 0 bridgehead atoms. The molecular formula is C18H29IN4O3S. The number of halogens is 1. The fraction of sp³-hybridized carbons (Fsp3) is 0.667. The Morgan fingerprint density at radius 3 is 2.85 bits per heavy atom. The Morgan fingerprint density at radius 2 is 2.22 bits per heavy atom. The zero-order chi connectivity index (χ0) is 18.6. The first-order valence-electron chi connectivity index (χ1n) is 9.25. The number of hydrogen-bond donors (Lipinski definition) is 1. The summed E-state index contributed by atoms with van der Waals surface area (Å²) >= 11 is 0. The highest BCUT2D eigenvalue weighted by Crippen LogP contribution is 2.20. The summed E-state index contributed by atoms with van der Waals surface area (Å²) in [6.45, 7) is 6.31. The lowest BCUT2D eigenvalue weighted by atomic mass is 10.1. The van der Waals surface area contributed by atoms with E-state index in [-0.39, 0.29) is 47.8 Å². The van der Waals surface area contributed by atoms with Gasteiger partial charge in [0.1, 0.15) is 6.10 Å². The Morgan fingerprint density at radius 1 is 1.41 bits per heavy atom. The normalized spacial score (nSPS) is 24.7. The summed E-state index contributed by atoms with van der Waals surface area (Å²) in [5, 5.41) is 3.41. The third kappa shape index (κ3) is 6.78. The van der Waals surface area contributed by atoms with Crippen molar-refractivity contribution in [2.75, 3.05) is 31.1 Å². The largest absolute Gasteiger partial charge is 0.472 e. The molecule has 2 atom stereocenters. The number of rotatable bonds is 5. The number of aromatic nitrogens is 1. The van der Waals surface area contributed by atoms with Gasteiger partial charge in [-0.1, -0.05) is 6.07 Å². The van der Waals surface area contributed by atoms with Crippen molar-refractivity contribution < 1.29 is 13.2 Å². The van der Waals surface area contributed by atoms with Gasteiger partial charge in [-0.15, -0.1) is 24.0 Å². The maximum Gasteiger partial charge on any atom is 0.213 e. The maximum atomic E-state index is 11.6. The molecule has 2 aliphatic rings. The number of nitrogens with one attached hydrogen (secondary N) is 1. The van der Waals surface area contributed by atoms with Gasteiger partial charge < -0.3 is 15.0 Å². The summed E-state index contributed by atoms with van der Waals surface area (Å²) in [5.74, 6) is 2.18. The van der Waals surface area contributed by atoms with E-state index >= 15 is 0 Å². The van der Waals surface area contributed by atoms with Crippen molar-refractivity contribution in [3.05, 3.63) is 24.4 Å². The number of ether oxygens (including phenoxy) is 1. The van der Waals surface area contributed by atoms with Crippen LogP contribution < -0.4 is 10.1 Å². The van der Waals surface area contributed by atoms with E-state index in [0.717, 1.165) is 25.5 Å². The summed E-state index contributed by atoms with van der Waals surface area (Å²) in [5.41, 5.74) is 0. The molecule has 0 radical (unpaired) electrons. The van der Waals surface area contributed by atoms with Crippen LogP contribution in [0.4, 0.5) is 0 Å². The Kier molecular flexibility index (Phi) is 8.14. The number of pyridine rings is 1. The first kappa shape index (κ1) is 22.2. The van der Waals surface area contributed by atoms with Crippen molar-refractivity contribution in [3.8, 4) is 5.88 Å². The molecule has 27 heavy (non-hydrogen) atoms. The highest BCUT2D eigenvalue weighted by molar-refractivity contribution is 14.0. The van der Waals surface area contributed by atoms with Gasteiger partial charge in [0, 0.05) is 37.8 Å². The van der Waals surface area contributed by atoms with E-state index in [1.165, 1.54) is 0 Å². The number of likely N-dealkylation sites (tertiary alicyclic amines) is 1. The first-order chi connectivity index (χ1) is 12.4. The van der Waals surface area contributed by atoms with Gasteiger partial charge in [-0.3, -0.25) is 4.99 Å². The molecule has 7 nitrogen and oxygen atoms in total. The van der Waals surface area contributed by atoms with Gasteiger partial charge in [-0.2, -0.15) is 0 Å². The minimum Gasteiger partial charge on any atom is -0.472 e. The second-order valence-corrected chi connectivity index (χ2v) is 9.60. The fourth-order valence-electron chi connectivity index (χ4n) is 3.33. The minimum absolute atomic E-state index is 0. The number of guanidine groups is 1. The van der Waals surface area contributed by atoms with E-state index in [2.05, 4.69) is 29.0 Å². The van der Waals surface area contributed by atoms with Gasteiger partial charge in [-0.05, 0) is 32.3 Å². The van der Waals surface area contributed by atoms with E-state index in [4.69, 9.17) is 9.73 Å². The van der Waals surface area contributed by atoms with E-state index in [0.29, 0.717) is 24.6 Å². The van der Waals surface area contributed by atoms with Gasteiger partial charge in [0.05, 0.1) is 18.1 Å². The summed E-state index contributed by atoms with van der Waals surface area (Å²) in [6, 6.07) is 5.91. The molecule has 3 rings (SSSR count). The quantitative estimate of drug-likeness (QED) is 0.372. The zero-order valence-electron chi connectivity index (χ0n) is 15.9. The van der Waals surface area contributed by atoms with Crippen molar-refractivity contribution in [1.29, 1.82) is 0 Å². The van der Waals surface area contributed by atoms with Crippen molar-refractivity contribution in [2.45, 2.75) is 38.8 Å². The predicted octanol–water partition coefficient (Wildman–Crippen LogP) is 1.94. The molecule has 0 aliphatic carbocycles. The van der Waals surface area contributed by atoms with E-state index in [9.17, 15) is 8.42 Å². The Bertz CT molecular complexity index is 727. The van der Waals surface area contributed by atoms with Crippen LogP contribution in [-0.4, -0.2) is 67.5 Å². The van der Waals surface area contributed by atoms with Crippen LogP contribution in [0.15, 0.2) is 29.4 Å². The second kappa shape index (κ2) is 9.90. The summed E-state index contributed by atoms with van der Waals surface area (Å²) < 4.78 is 29.2. The van der Waals surface area contributed by atoms with E-state index in [1.54, 1.807) is 6.20 Å². The lowest BCUT2D eigenvalue weighted by molar-refractivity contribution is 0.205. The lowest BCUT2D eigenvalue weighted by Gasteiger charge is -2.24. The van der Waals surface area contributed by atoms with Gasteiger partial charge in [0.15, 0.2) is 15.8 Å². The SMILES string of the molecule is CC(C)NC(=NCC1CCS(=O)(=O)C1)N1CCC(Oc2ccccn2)C1.I. The topological polar surface area (TPSA) is 83.9 Å². The molecule has 1 aromatic rings. The number of aliphatic imine (C=N–C) groups is 1. The number of nitrogens with zero attached hydrogens (tertiary/aromatic N) is 3. The fourth-order valence-corrected chi connectivity index (χ4v) is 5.18. The lowest BCUT2D eigenvalue weighted by Crippen LogP contribution is -2.44. The monoisotopic (exact) mass is 508 g/mol. The molecule has 2 saturated heterocycles. The van der Waals surface area contributed by atoms with Crippen molar-refractivity contribution in [2.24, 2.45) is 10.9 Å². The van der Waals surface area contributed by atoms with Crippen LogP contribution in [0.5, 0.6) is 5.88 Å². The predicted molar refractivity (Wildman–Crippen MR) is 118 cm³/mol. The third-order valence-corrected chi connectivity index (χ3v) is 6.45. The van der Waals surface area contributed by atoms with Crippen LogP contribution in [0.2, 0.25) is 0 Å². The smallest absolute Gasteiger partial charge is 0.213 e. The average molecular weight is 508 g/mol. The molecule has 3 heterocycles. The Balaban J connectivity index is 0.00000261. The molecule has 0 saturated carbocycles. The highest BCUT2D eigenvalue weighted by Gasteiger charge is 2.30. The van der Waals surface area contributed by atoms with E-state index in [1.807, 2.05) is 18.2 Å². The minimum atomic E-state index is -2.86. The molecule has 9 heteroatoms. The second-order valence-electron chi connectivity index (χ2n) is 7.37. The first-order valence-corrected chi connectivity index (χ1v) is 11.1. The van der Waals surface area contributed by atoms with Gasteiger partial charge in [-0.25, -0.2) is 13.4 Å². The molecule has 2 unspecified atom stereocenters. The number of hydrogen-bond acceptors (Lipinski definition) is 5. The average Bonchev–Trinajstić information content (AvgIpc) is 3.18. The molecule has 1 N–H and O–H groups in total. The van der Waals surface area contributed by atoms with Crippen molar-refractivity contribution in [1.82, 2.24) is 15.2 Å². The van der Waals surface area contributed by atoms with E-state index < -0.39 is 9.84 Å². The van der Waals surface area contributed by atoms with Gasteiger partial charge in [0.25, 0.3) is 0 Å². The maximum absolute atomic E-state index is 11.6. The Labute approximate surface area is 178 Å². The van der Waals surface area contributed by atoms with Crippen LogP contribution in [0.3, 0.4) is 0 Å². The van der Waals surface area contributed by atoms with Crippen molar-refractivity contribution >= 4 is 39.8 Å². The summed E-state index contributed by atoms with van der Waals surface area (Å²) in [4.78, 5) is 11.1. The third-order valence-electron chi connectivity index (χ3n) is 4.61. The van der Waals surface area contributed by atoms with Gasteiger partial charge >= 0.3 is 0 Å². The highest BCUT2D eigenvalue weighted by atomic mass is 127. The molecule has 0 amide bonds. The molecule has 152 valence electrons. The number of sulfone groups is 1. The molecule has 2 aliphatic heterocycles. The van der Waals surface area contributed by atoms with Crippen LogP contribution in [0.25, 0.3) is 0 Å². The van der Waals surface area contributed by atoms with Gasteiger partial charge in [0.2, 0.25) is 5.88 Å². The van der Waals surface area contributed by atoms with Crippen LogP contribution >= 0.6 is 24.0 Å². The zero-order valence-corrected chi connectivity index (χ0v) is 19.0. The van der Waals surface area contributed by atoms with Crippen molar-refractivity contribution in [3.63, 3.8) is 0 Å². The van der Waals surface area contributed by atoms with Crippen LogP contribution in [0.1, 0.15) is 26.7 Å². The Hall–Kier alpha value is -1.10. The standard InChI is InChI=1S/C18H28N4O3S.HI/c1-14(2)21-18(20-11-15-7-10-26(23,24)13-15)22-9-6-16(12-22)25-17-5-3-4-8-19-17;/h3-5,8,14-16H,6-7,9-13H2,1-2H3,(H,20,21);1H.